The van der Waals surface area contributed by atoms with Gasteiger partial charge in [0.15, 0.2) is 0 Å². The van der Waals surface area contributed by atoms with Crippen LogP contribution >= 0.6 is 0 Å². The van der Waals surface area contributed by atoms with Crippen molar-refractivity contribution in [2.24, 2.45) is 0 Å². The number of hydrogen-bond donors (Lipinski definition) is 2. The maximum atomic E-state index is 12.0. The van der Waals surface area contributed by atoms with Gasteiger partial charge in [-0.2, -0.15) is 0 Å². The van der Waals surface area contributed by atoms with Crippen LogP contribution in [0.15, 0.2) is 24.3 Å². The van der Waals surface area contributed by atoms with Crippen LogP contribution in [0, 0.1) is 0 Å². The lowest BCUT2D eigenvalue weighted by atomic mass is 10.1. The first-order valence-electron chi connectivity index (χ1n) is 6.42. The van der Waals surface area contributed by atoms with Crippen LogP contribution in [0.25, 0.3) is 0 Å². The topological polar surface area (TPSA) is 67.4 Å². The van der Waals surface area contributed by atoms with E-state index >= 15 is 0 Å². The van der Waals surface area contributed by atoms with Crippen molar-refractivity contribution in [3.8, 4) is 5.75 Å². The van der Waals surface area contributed by atoms with Crippen LogP contribution in [0.2, 0.25) is 0 Å². The molecule has 2 amide bonds. The molecular weight excluding hydrogens is 321 g/mol. The third kappa shape index (κ3) is 8.50. The fourth-order valence-electron chi connectivity index (χ4n) is 1.55. The minimum Gasteiger partial charge on any atom is -0.406 e. The van der Waals surface area contributed by atoms with Crippen molar-refractivity contribution in [1.82, 2.24) is 10.6 Å². The van der Waals surface area contributed by atoms with E-state index in [9.17, 15) is 22.2 Å². The van der Waals surface area contributed by atoms with Crippen molar-refractivity contribution in [3.05, 3.63) is 29.8 Å². The van der Waals surface area contributed by atoms with Crippen LogP contribution in [-0.4, -0.2) is 41.7 Å². The van der Waals surface area contributed by atoms with Crippen molar-refractivity contribution < 1.29 is 26.9 Å². The van der Waals surface area contributed by atoms with Gasteiger partial charge in [0.25, 0.3) is 0 Å². The third-order valence-corrected chi connectivity index (χ3v) is 3.31. The van der Waals surface area contributed by atoms with E-state index in [-0.39, 0.29) is 11.8 Å². The number of amides is 2. The summed E-state index contributed by atoms with van der Waals surface area (Å²) in [5, 5.41) is 5.14. The normalized spacial score (nSPS) is 12.5. The number of carbonyl (C=O) groups excluding carboxylic acids is 1. The molecule has 0 aliphatic rings. The van der Waals surface area contributed by atoms with Gasteiger partial charge in [-0.1, -0.05) is 12.1 Å². The highest BCUT2D eigenvalue weighted by molar-refractivity contribution is 7.84. The fourth-order valence-corrected chi connectivity index (χ4v) is 1.94. The first kappa shape index (κ1) is 18.3. The third-order valence-electron chi connectivity index (χ3n) is 2.53. The van der Waals surface area contributed by atoms with Gasteiger partial charge in [0, 0.05) is 35.9 Å². The Morgan fingerprint density at radius 2 is 1.77 bits per heavy atom. The lowest BCUT2D eigenvalue weighted by Gasteiger charge is -2.10. The lowest BCUT2D eigenvalue weighted by molar-refractivity contribution is -0.274. The van der Waals surface area contributed by atoms with E-state index in [4.69, 9.17) is 0 Å². The largest absolute Gasteiger partial charge is 0.573 e. The molecule has 124 valence electrons. The van der Waals surface area contributed by atoms with Gasteiger partial charge in [-0.05, 0) is 24.1 Å². The van der Waals surface area contributed by atoms with Crippen molar-refractivity contribution in [2.75, 3.05) is 25.1 Å². The average molecular weight is 338 g/mol. The molecule has 0 aliphatic carbocycles. The maximum absolute atomic E-state index is 12.0. The molecule has 1 rings (SSSR count). The molecule has 0 aromatic heterocycles. The number of rotatable bonds is 7. The van der Waals surface area contributed by atoms with Crippen molar-refractivity contribution in [1.29, 1.82) is 0 Å². The molecular formula is C13H17F3N2O3S. The van der Waals surface area contributed by atoms with Gasteiger partial charge in [0.05, 0.1) is 0 Å². The summed E-state index contributed by atoms with van der Waals surface area (Å²) in [5.74, 6) is 0.100. The Hall–Kier alpha value is -1.77. The summed E-state index contributed by atoms with van der Waals surface area (Å²) >= 11 is 0. The van der Waals surface area contributed by atoms with E-state index in [0.717, 1.165) is 5.56 Å². The quantitative estimate of drug-likeness (QED) is 0.797. The SMILES string of the molecule is C[S@@](=O)CCNC(=O)NCCc1ccc(OC(F)(F)F)cc1. The van der Waals surface area contributed by atoms with Crippen LogP contribution in [0.1, 0.15) is 5.56 Å². The van der Waals surface area contributed by atoms with E-state index in [1.54, 1.807) is 6.26 Å². The van der Waals surface area contributed by atoms with Gasteiger partial charge in [0.1, 0.15) is 5.75 Å². The average Bonchev–Trinajstić information content (AvgIpc) is 2.38. The van der Waals surface area contributed by atoms with Gasteiger partial charge in [0.2, 0.25) is 0 Å². The van der Waals surface area contributed by atoms with Crippen LogP contribution in [0.5, 0.6) is 5.75 Å². The molecule has 0 saturated heterocycles. The zero-order valence-electron chi connectivity index (χ0n) is 11.9. The molecule has 0 fully saturated rings. The molecule has 2 N–H and O–H groups in total. The van der Waals surface area contributed by atoms with E-state index in [1.807, 2.05) is 0 Å². The van der Waals surface area contributed by atoms with E-state index in [2.05, 4.69) is 15.4 Å². The molecule has 0 radical (unpaired) electrons. The monoisotopic (exact) mass is 338 g/mol. The number of nitrogens with one attached hydrogen (secondary N) is 2. The summed E-state index contributed by atoms with van der Waals surface area (Å²) in [4.78, 5) is 11.4. The van der Waals surface area contributed by atoms with Gasteiger partial charge in [-0.25, -0.2) is 4.79 Å². The summed E-state index contributed by atoms with van der Waals surface area (Å²) in [7, 11) is -0.962. The highest BCUT2D eigenvalue weighted by atomic mass is 32.2. The molecule has 9 heteroatoms. The van der Waals surface area contributed by atoms with Gasteiger partial charge < -0.3 is 15.4 Å². The molecule has 1 aromatic carbocycles. The van der Waals surface area contributed by atoms with Gasteiger partial charge in [-0.15, -0.1) is 13.2 Å². The second-order valence-corrected chi connectivity index (χ2v) is 5.96. The molecule has 0 unspecified atom stereocenters. The summed E-state index contributed by atoms with van der Waals surface area (Å²) in [5.41, 5.74) is 0.768. The number of hydrogen-bond acceptors (Lipinski definition) is 3. The minimum absolute atomic E-state index is 0.283. The number of alkyl halides is 3. The fraction of sp³-hybridized carbons (Fsp3) is 0.462. The molecule has 22 heavy (non-hydrogen) atoms. The zero-order chi connectivity index (χ0) is 16.6. The van der Waals surface area contributed by atoms with Crippen LogP contribution in [0.3, 0.4) is 0 Å². The predicted molar refractivity (Wildman–Crippen MR) is 77.2 cm³/mol. The number of carbonyl (C=O) groups is 1. The predicted octanol–water partition coefficient (Wildman–Crippen LogP) is 1.81. The zero-order valence-corrected chi connectivity index (χ0v) is 12.7. The number of halogens is 3. The molecule has 1 atom stereocenters. The highest BCUT2D eigenvalue weighted by Crippen LogP contribution is 2.22. The van der Waals surface area contributed by atoms with E-state index in [0.29, 0.717) is 25.3 Å². The van der Waals surface area contributed by atoms with Crippen molar-refractivity contribution in [2.45, 2.75) is 12.8 Å². The molecule has 0 spiro atoms. The Morgan fingerprint density at radius 1 is 1.18 bits per heavy atom. The van der Waals surface area contributed by atoms with E-state index in [1.165, 1.54) is 24.3 Å². The van der Waals surface area contributed by atoms with Crippen LogP contribution < -0.4 is 15.4 Å². The number of ether oxygens (including phenoxy) is 1. The molecule has 0 bridgehead atoms. The highest BCUT2D eigenvalue weighted by Gasteiger charge is 2.30. The second kappa shape index (κ2) is 8.62. The smallest absolute Gasteiger partial charge is 0.406 e. The maximum Gasteiger partial charge on any atom is 0.573 e. The Morgan fingerprint density at radius 3 is 2.32 bits per heavy atom. The Labute approximate surface area is 128 Å². The lowest BCUT2D eigenvalue weighted by Crippen LogP contribution is -2.38. The molecule has 0 saturated carbocycles. The minimum atomic E-state index is -4.71. The summed E-state index contributed by atoms with van der Waals surface area (Å²) in [6.07, 6.45) is -2.69. The summed E-state index contributed by atoms with van der Waals surface area (Å²) in [6.45, 7) is 0.652. The number of benzene rings is 1. The summed E-state index contributed by atoms with van der Waals surface area (Å²) < 4.78 is 50.5. The molecule has 0 heterocycles. The Bertz CT molecular complexity index is 506. The first-order valence-corrected chi connectivity index (χ1v) is 8.15. The molecule has 1 aromatic rings. The van der Waals surface area contributed by atoms with Crippen LogP contribution in [-0.2, 0) is 17.2 Å². The van der Waals surface area contributed by atoms with Gasteiger partial charge in [-0.3, -0.25) is 4.21 Å². The second-order valence-electron chi connectivity index (χ2n) is 4.40. The standard InChI is InChI=1S/C13H17F3N2O3S/c1-22(20)9-8-18-12(19)17-7-6-10-2-4-11(5-3-10)21-13(14,15)16/h2-5H,6-9H2,1H3,(H2,17,18,19)/t22-/m1/s1. The van der Waals surface area contributed by atoms with Gasteiger partial charge >= 0.3 is 12.4 Å². The van der Waals surface area contributed by atoms with E-state index < -0.39 is 17.2 Å². The van der Waals surface area contributed by atoms with Crippen molar-refractivity contribution >= 4 is 16.8 Å². The number of urea groups is 1. The van der Waals surface area contributed by atoms with Crippen molar-refractivity contribution in [3.63, 3.8) is 0 Å². The molecule has 5 nitrogen and oxygen atoms in total. The summed E-state index contributed by atoms with van der Waals surface area (Å²) in [6, 6.07) is 5.07. The molecule has 0 aliphatic heterocycles. The Kier molecular flexibility index (Phi) is 7.16. The Balaban J connectivity index is 2.27. The van der Waals surface area contributed by atoms with Crippen LogP contribution in [0.4, 0.5) is 18.0 Å². The first-order chi connectivity index (χ1) is 10.3.